The highest BCUT2D eigenvalue weighted by Gasteiger charge is 2.08. The van der Waals surface area contributed by atoms with Gasteiger partial charge in [0.25, 0.3) is 0 Å². The second kappa shape index (κ2) is 6.48. The number of benzene rings is 1. The Morgan fingerprint density at radius 1 is 1.50 bits per heavy atom. The number of nitrogens with one attached hydrogen (secondary N) is 1. The monoisotopic (exact) mass is 281 g/mol. The predicted octanol–water partition coefficient (Wildman–Crippen LogP) is 3.59. The third-order valence-electron chi connectivity index (χ3n) is 2.32. The summed E-state index contributed by atoms with van der Waals surface area (Å²) in [6, 6.07) is 8.00. The third-order valence-corrected chi connectivity index (χ3v) is 2.85. The fourth-order valence-electron chi connectivity index (χ4n) is 1.38. The fraction of sp³-hybridized carbons (Fsp3) is 0.308. The molecule has 0 saturated carbocycles. The third kappa shape index (κ3) is 4.19. The molecule has 1 aromatic rings. The molecule has 0 heterocycles. The zero-order valence-corrected chi connectivity index (χ0v) is 11.0. The van der Waals surface area contributed by atoms with Gasteiger partial charge in [0.1, 0.15) is 0 Å². The van der Waals surface area contributed by atoms with Gasteiger partial charge in [-0.1, -0.05) is 34.1 Å². The minimum Gasteiger partial charge on any atom is -0.350 e. The van der Waals surface area contributed by atoms with Crippen LogP contribution in [-0.4, -0.2) is 5.91 Å². The van der Waals surface area contributed by atoms with Crippen LogP contribution in [0.5, 0.6) is 0 Å². The Kier molecular flexibility index (Phi) is 5.26. The second-order valence-electron chi connectivity index (χ2n) is 3.67. The Morgan fingerprint density at radius 3 is 2.69 bits per heavy atom. The quantitative estimate of drug-likeness (QED) is 0.821. The van der Waals surface area contributed by atoms with Crippen molar-refractivity contribution in [2.24, 2.45) is 0 Å². The minimum absolute atomic E-state index is 0.0467. The summed E-state index contributed by atoms with van der Waals surface area (Å²) in [6.45, 7) is 5.58. The maximum Gasteiger partial charge on any atom is 0.220 e. The highest BCUT2D eigenvalue weighted by molar-refractivity contribution is 9.10. The van der Waals surface area contributed by atoms with Gasteiger partial charge in [0.05, 0.1) is 6.04 Å². The van der Waals surface area contributed by atoms with Crippen LogP contribution in [0.15, 0.2) is 41.4 Å². The van der Waals surface area contributed by atoms with Gasteiger partial charge in [0, 0.05) is 10.9 Å². The van der Waals surface area contributed by atoms with Gasteiger partial charge >= 0.3 is 0 Å². The molecule has 1 rings (SSSR count). The predicted molar refractivity (Wildman–Crippen MR) is 70.1 cm³/mol. The van der Waals surface area contributed by atoms with Crippen molar-refractivity contribution in [1.82, 2.24) is 5.32 Å². The number of rotatable bonds is 5. The molecule has 2 nitrogen and oxygen atoms in total. The lowest BCUT2D eigenvalue weighted by Gasteiger charge is -2.14. The van der Waals surface area contributed by atoms with Crippen LogP contribution in [0, 0.1) is 0 Å². The van der Waals surface area contributed by atoms with Crippen molar-refractivity contribution >= 4 is 21.8 Å². The number of allylic oxidation sites excluding steroid dienone is 1. The van der Waals surface area contributed by atoms with Crippen molar-refractivity contribution in [3.63, 3.8) is 0 Å². The van der Waals surface area contributed by atoms with Crippen molar-refractivity contribution in [1.29, 1.82) is 0 Å². The van der Waals surface area contributed by atoms with E-state index in [1.54, 1.807) is 6.08 Å². The molecule has 1 atom stereocenters. The Morgan fingerprint density at radius 2 is 2.12 bits per heavy atom. The highest BCUT2D eigenvalue weighted by Crippen LogP contribution is 2.16. The zero-order valence-electron chi connectivity index (χ0n) is 9.37. The van der Waals surface area contributed by atoms with Gasteiger partial charge in [-0.15, -0.1) is 6.58 Å². The standard InChI is InChI=1S/C13H16BrNO/c1-3-4-5-13(16)15-10(2)11-6-8-12(14)9-7-11/h3,6-10H,1,4-5H2,2H3,(H,15,16). The van der Waals surface area contributed by atoms with Gasteiger partial charge in [0.2, 0.25) is 5.91 Å². The van der Waals surface area contributed by atoms with E-state index in [9.17, 15) is 4.79 Å². The molecule has 3 heteroatoms. The van der Waals surface area contributed by atoms with Crippen LogP contribution in [0.1, 0.15) is 31.4 Å². The fourth-order valence-corrected chi connectivity index (χ4v) is 1.65. The summed E-state index contributed by atoms with van der Waals surface area (Å²) in [5, 5.41) is 2.95. The van der Waals surface area contributed by atoms with Crippen LogP contribution in [-0.2, 0) is 4.79 Å². The van der Waals surface area contributed by atoms with Crippen LogP contribution in [0.25, 0.3) is 0 Å². The second-order valence-corrected chi connectivity index (χ2v) is 4.58. The number of hydrogen-bond donors (Lipinski definition) is 1. The van der Waals surface area contributed by atoms with Gasteiger partial charge in [-0.05, 0) is 31.0 Å². The number of carbonyl (C=O) groups excluding carboxylic acids is 1. The van der Waals surface area contributed by atoms with Crippen LogP contribution in [0.4, 0.5) is 0 Å². The molecular weight excluding hydrogens is 266 g/mol. The molecular formula is C13H16BrNO. The summed E-state index contributed by atoms with van der Waals surface area (Å²) in [7, 11) is 0. The van der Waals surface area contributed by atoms with E-state index in [1.807, 2.05) is 31.2 Å². The van der Waals surface area contributed by atoms with Crippen LogP contribution in [0.2, 0.25) is 0 Å². The Labute approximate surface area is 105 Å². The van der Waals surface area contributed by atoms with E-state index in [4.69, 9.17) is 0 Å². The smallest absolute Gasteiger partial charge is 0.220 e. The van der Waals surface area contributed by atoms with E-state index < -0.39 is 0 Å². The van der Waals surface area contributed by atoms with Crippen molar-refractivity contribution < 1.29 is 4.79 Å². The van der Waals surface area contributed by atoms with Crippen molar-refractivity contribution in [3.05, 3.63) is 47.0 Å². The van der Waals surface area contributed by atoms with E-state index in [0.29, 0.717) is 6.42 Å². The molecule has 1 amide bonds. The lowest BCUT2D eigenvalue weighted by atomic mass is 10.1. The number of carbonyl (C=O) groups is 1. The lowest BCUT2D eigenvalue weighted by Crippen LogP contribution is -2.26. The molecule has 0 aromatic heterocycles. The Balaban J connectivity index is 2.51. The van der Waals surface area contributed by atoms with Crippen LogP contribution in [0.3, 0.4) is 0 Å². The van der Waals surface area contributed by atoms with Crippen molar-refractivity contribution in [2.45, 2.75) is 25.8 Å². The first kappa shape index (κ1) is 13.0. The molecule has 16 heavy (non-hydrogen) atoms. The highest BCUT2D eigenvalue weighted by atomic mass is 79.9. The SMILES string of the molecule is C=CCCC(=O)NC(C)c1ccc(Br)cc1. The molecule has 0 aliphatic carbocycles. The average molecular weight is 282 g/mol. The Hall–Kier alpha value is -1.09. The molecule has 0 saturated heterocycles. The normalized spacial score (nSPS) is 11.9. The van der Waals surface area contributed by atoms with E-state index in [2.05, 4.69) is 27.8 Å². The number of halogens is 1. The molecule has 0 aliphatic rings. The first-order chi connectivity index (χ1) is 7.63. The van der Waals surface area contributed by atoms with Gasteiger partial charge in [-0.3, -0.25) is 4.79 Å². The van der Waals surface area contributed by atoms with Gasteiger partial charge in [-0.25, -0.2) is 0 Å². The van der Waals surface area contributed by atoms with Gasteiger partial charge in [-0.2, -0.15) is 0 Å². The summed E-state index contributed by atoms with van der Waals surface area (Å²) in [5.74, 6) is 0.0651. The summed E-state index contributed by atoms with van der Waals surface area (Å²) in [4.78, 5) is 11.5. The van der Waals surface area contributed by atoms with E-state index in [0.717, 1.165) is 16.5 Å². The summed E-state index contributed by atoms with van der Waals surface area (Å²) < 4.78 is 1.04. The molecule has 0 fully saturated rings. The molecule has 0 aliphatic heterocycles. The van der Waals surface area contributed by atoms with Crippen molar-refractivity contribution in [2.75, 3.05) is 0 Å². The average Bonchev–Trinajstić information content (AvgIpc) is 2.27. The maximum atomic E-state index is 11.5. The zero-order chi connectivity index (χ0) is 12.0. The topological polar surface area (TPSA) is 29.1 Å². The summed E-state index contributed by atoms with van der Waals surface area (Å²) >= 11 is 3.38. The van der Waals surface area contributed by atoms with Crippen molar-refractivity contribution in [3.8, 4) is 0 Å². The molecule has 0 bridgehead atoms. The molecule has 1 N–H and O–H groups in total. The first-order valence-corrected chi connectivity index (χ1v) is 6.08. The van der Waals surface area contributed by atoms with Crippen LogP contribution >= 0.6 is 15.9 Å². The van der Waals surface area contributed by atoms with E-state index >= 15 is 0 Å². The maximum absolute atomic E-state index is 11.5. The summed E-state index contributed by atoms with van der Waals surface area (Å²) in [6.07, 6.45) is 2.98. The number of amides is 1. The molecule has 0 radical (unpaired) electrons. The molecule has 0 spiro atoms. The van der Waals surface area contributed by atoms with Gasteiger partial charge < -0.3 is 5.32 Å². The molecule has 1 unspecified atom stereocenters. The number of hydrogen-bond acceptors (Lipinski definition) is 1. The molecule has 1 aromatic carbocycles. The minimum atomic E-state index is 0.0467. The largest absolute Gasteiger partial charge is 0.350 e. The van der Waals surface area contributed by atoms with Gasteiger partial charge in [0.15, 0.2) is 0 Å². The Bertz CT molecular complexity index is 359. The van der Waals surface area contributed by atoms with E-state index in [-0.39, 0.29) is 11.9 Å². The molecule has 86 valence electrons. The van der Waals surface area contributed by atoms with E-state index in [1.165, 1.54) is 0 Å². The van der Waals surface area contributed by atoms with Crippen LogP contribution < -0.4 is 5.32 Å². The first-order valence-electron chi connectivity index (χ1n) is 5.29. The summed E-state index contributed by atoms with van der Waals surface area (Å²) in [5.41, 5.74) is 1.11. The lowest BCUT2D eigenvalue weighted by molar-refractivity contribution is -0.121.